The van der Waals surface area contributed by atoms with Crippen LogP contribution in [0.1, 0.15) is 32.6 Å². The van der Waals surface area contributed by atoms with Crippen molar-refractivity contribution in [1.82, 2.24) is 10.6 Å². The number of urea groups is 1. The summed E-state index contributed by atoms with van der Waals surface area (Å²) in [6.07, 6.45) is 0.671. The molecule has 96 valence electrons. The van der Waals surface area contributed by atoms with Crippen molar-refractivity contribution in [2.75, 3.05) is 6.54 Å². The predicted octanol–water partition coefficient (Wildman–Crippen LogP) is 1.66. The van der Waals surface area contributed by atoms with E-state index in [4.69, 9.17) is 4.42 Å². The lowest BCUT2D eigenvalue weighted by atomic mass is 10.1. The lowest BCUT2D eigenvalue weighted by molar-refractivity contribution is 0.147. The molecule has 1 heterocycles. The maximum atomic E-state index is 11.5. The van der Waals surface area contributed by atoms with Gasteiger partial charge in [0.2, 0.25) is 0 Å². The first-order valence-corrected chi connectivity index (χ1v) is 5.76. The second kappa shape index (κ2) is 6.30. The molecule has 3 N–H and O–H groups in total. The molecule has 0 spiro atoms. The van der Waals surface area contributed by atoms with Gasteiger partial charge in [0.05, 0.1) is 12.8 Å². The third-order valence-electron chi connectivity index (χ3n) is 2.69. The number of aliphatic hydroxyl groups excluding tert-OH is 1. The molecule has 0 saturated carbocycles. The van der Waals surface area contributed by atoms with E-state index in [1.54, 1.807) is 12.1 Å². The summed E-state index contributed by atoms with van der Waals surface area (Å²) in [7, 11) is 0. The largest absolute Gasteiger partial charge is 0.467 e. The van der Waals surface area contributed by atoms with Crippen LogP contribution >= 0.6 is 0 Å². The van der Waals surface area contributed by atoms with Crippen LogP contribution in [0.2, 0.25) is 0 Å². The molecule has 2 unspecified atom stereocenters. The lowest BCUT2D eigenvalue weighted by Crippen LogP contribution is -2.44. The van der Waals surface area contributed by atoms with Crippen molar-refractivity contribution in [2.45, 2.75) is 32.9 Å². The molecule has 1 aromatic heterocycles. The van der Waals surface area contributed by atoms with Crippen molar-refractivity contribution in [3.8, 4) is 0 Å². The molecule has 0 fully saturated rings. The van der Waals surface area contributed by atoms with Gasteiger partial charge in [-0.3, -0.25) is 0 Å². The minimum Gasteiger partial charge on any atom is -0.467 e. The van der Waals surface area contributed by atoms with E-state index in [1.807, 2.05) is 20.8 Å². The Morgan fingerprint density at radius 3 is 2.71 bits per heavy atom. The number of rotatable bonds is 5. The topological polar surface area (TPSA) is 74.5 Å². The molecule has 1 rings (SSSR count). The van der Waals surface area contributed by atoms with E-state index < -0.39 is 6.10 Å². The van der Waals surface area contributed by atoms with Crippen molar-refractivity contribution in [1.29, 1.82) is 0 Å². The zero-order valence-electron chi connectivity index (χ0n) is 10.4. The number of amides is 2. The Morgan fingerprint density at radius 1 is 1.47 bits per heavy atom. The van der Waals surface area contributed by atoms with Crippen molar-refractivity contribution < 1.29 is 14.3 Å². The number of aliphatic hydroxyl groups is 1. The van der Waals surface area contributed by atoms with Gasteiger partial charge in [-0.15, -0.1) is 0 Å². The zero-order valence-corrected chi connectivity index (χ0v) is 10.4. The van der Waals surface area contributed by atoms with Crippen LogP contribution in [0.5, 0.6) is 0 Å². The summed E-state index contributed by atoms with van der Waals surface area (Å²) >= 11 is 0. The first-order chi connectivity index (χ1) is 8.00. The molecule has 2 amide bonds. The van der Waals surface area contributed by atoms with E-state index in [-0.39, 0.29) is 18.6 Å². The average molecular weight is 240 g/mol. The number of hydrogen-bond donors (Lipinski definition) is 3. The molecule has 5 heteroatoms. The average Bonchev–Trinajstić information content (AvgIpc) is 2.79. The summed E-state index contributed by atoms with van der Waals surface area (Å²) in [6.45, 7) is 6.13. The van der Waals surface area contributed by atoms with E-state index in [2.05, 4.69) is 10.6 Å². The maximum absolute atomic E-state index is 11.5. The fraction of sp³-hybridized carbons (Fsp3) is 0.583. The van der Waals surface area contributed by atoms with Crippen molar-refractivity contribution >= 4 is 6.03 Å². The molecule has 1 aromatic rings. The summed E-state index contributed by atoms with van der Waals surface area (Å²) in [5.74, 6) is 0.818. The second-order valence-electron chi connectivity index (χ2n) is 4.42. The quantitative estimate of drug-likeness (QED) is 0.732. The molecule has 0 saturated heterocycles. The highest BCUT2D eigenvalue weighted by Crippen LogP contribution is 2.11. The van der Waals surface area contributed by atoms with Gasteiger partial charge in [0, 0.05) is 6.04 Å². The fourth-order valence-electron chi connectivity index (χ4n) is 1.20. The summed E-state index contributed by atoms with van der Waals surface area (Å²) in [6, 6.07) is 3.17. The molecular formula is C12H20N2O3. The lowest BCUT2D eigenvalue weighted by Gasteiger charge is -2.18. The van der Waals surface area contributed by atoms with Crippen LogP contribution in [0, 0.1) is 5.92 Å². The van der Waals surface area contributed by atoms with E-state index in [9.17, 15) is 9.90 Å². The Morgan fingerprint density at radius 2 is 2.18 bits per heavy atom. The Kier molecular flexibility index (Phi) is 5.03. The van der Waals surface area contributed by atoms with E-state index in [0.717, 1.165) is 0 Å². The van der Waals surface area contributed by atoms with Crippen LogP contribution in [-0.4, -0.2) is 23.7 Å². The van der Waals surface area contributed by atoms with Gasteiger partial charge in [0.1, 0.15) is 11.9 Å². The van der Waals surface area contributed by atoms with Gasteiger partial charge < -0.3 is 20.2 Å². The summed E-state index contributed by atoms with van der Waals surface area (Å²) in [5.41, 5.74) is 0. The normalized spacial score (nSPS) is 14.4. The van der Waals surface area contributed by atoms with Gasteiger partial charge in [-0.1, -0.05) is 13.8 Å². The van der Waals surface area contributed by atoms with Gasteiger partial charge in [-0.25, -0.2) is 4.79 Å². The van der Waals surface area contributed by atoms with Crippen LogP contribution in [0.4, 0.5) is 4.79 Å². The molecule has 0 bridgehead atoms. The molecule has 0 radical (unpaired) electrons. The van der Waals surface area contributed by atoms with Crippen molar-refractivity contribution in [3.63, 3.8) is 0 Å². The van der Waals surface area contributed by atoms with Gasteiger partial charge >= 0.3 is 6.03 Å². The third kappa shape index (κ3) is 4.48. The van der Waals surface area contributed by atoms with Gasteiger partial charge in [-0.2, -0.15) is 0 Å². The SMILES string of the molecule is CC(C)C(C)NC(=O)NCC(O)c1ccco1. The Labute approximate surface area is 101 Å². The highest BCUT2D eigenvalue weighted by atomic mass is 16.4. The predicted molar refractivity (Wildman–Crippen MR) is 64.5 cm³/mol. The molecule has 2 atom stereocenters. The first-order valence-electron chi connectivity index (χ1n) is 5.76. The highest BCUT2D eigenvalue weighted by Gasteiger charge is 2.14. The standard InChI is InChI=1S/C12H20N2O3/c1-8(2)9(3)14-12(16)13-7-10(15)11-5-4-6-17-11/h4-6,8-10,15H,7H2,1-3H3,(H2,13,14,16). The number of furan rings is 1. The van der Waals surface area contributed by atoms with Crippen LogP contribution in [0.3, 0.4) is 0 Å². The fourth-order valence-corrected chi connectivity index (χ4v) is 1.20. The summed E-state index contributed by atoms with van der Waals surface area (Å²) < 4.78 is 5.03. The van der Waals surface area contributed by atoms with Crippen LogP contribution < -0.4 is 10.6 Å². The molecule has 0 aromatic carbocycles. The first kappa shape index (κ1) is 13.6. The monoisotopic (exact) mass is 240 g/mol. The molecular weight excluding hydrogens is 220 g/mol. The molecule has 17 heavy (non-hydrogen) atoms. The molecule has 0 aliphatic heterocycles. The van der Waals surface area contributed by atoms with Crippen LogP contribution in [-0.2, 0) is 0 Å². The maximum Gasteiger partial charge on any atom is 0.315 e. The second-order valence-corrected chi connectivity index (χ2v) is 4.42. The number of nitrogens with one attached hydrogen (secondary N) is 2. The van der Waals surface area contributed by atoms with Crippen molar-refractivity contribution in [3.05, 3.63) is 24.2 Å². The Balaban J connectivity index is 2.29. The minimum absolute atomic E-state index is 0.0933. The molecule has 0 aliphatic rings. The Bertz CT molecular complexity index is 336. The van der Waals surface area contributed by atoms with Crippen LogP contribution in [0.25, 0.3) is 0 Å². The van der Waals surface area contributed by atoms with Crippen molar-refractivity contribution in [2.24, 2.45) is 5.92 Å². The van der Waals surface area contributed by atoms with E-state index >= 15 is 0 Å². The third-order valence-corrected chi connectivity index (χ3v) is 2.69. The molecule has 0 aliphatic carbocycles. The number of hydrogen-bond acceptors (Lipinski definition) is 3. The summed E-state index contributed by atoms with van der Waals surface area (Å²) in [4.78, 5) is 11.5. The molecule has 5 nitrogen and oxygen atoms in total. The number of carbonyl (C=O) groups is 1. The summed E-state index contributed by atoms with van der Waals surface area (Å²) in [5, 5.41) is 15.0. The van der Waals surface area contributed by atoms with Gasteiger partial charge in [-0.05, 0) is 25.0 Å². The van der Waals surface area contributed by atoms with Gasteiger partial charge in [0.25, 0.3) is 0 Å². The number of carbonyl (C=O) groups excluding carboxylic acids is 1. The smallest absolute Gasteiger partial charge is 0.315 e. The zero-order chi connectivity index (χ0) is 12.8. The highest BCUT2D eigenvalue weighted by molar-refractivity contribution is 5.74. The minimum atomic E-state index is -0.815. The van der Waals surface area contributed by atoms with Crippen LogP contribution in [0.15, 0.2) is 22.8 Å². The Hall–Kier alpha value is -1.49. The van der Waals surface area contributed by atoms with E-state index in [1.165, 1.54) is 6.26 Å². The van der Waals surface area contributed by atoms with Gasteiger partial charge in [0.15, 0.2) is 0 Å². The van der Waals surface area contributed by atoms with E-state index in [0.29, 0.717) is 11.7 Å².